The molecule has 0 unspecified atom stereocenters. The second-order valence-electron chi connectivity index (χ2n) is 3.57. The molecule has 17 heavy (non-hydrogen) atoms. The number of methoxy groups -OCH3 is 1. The van der Waals surface area contributed by atoms with Gasteiger partial charge in [-0.25, -0.2) is 4.98 Å². The van der Waals surface area contributed by atoms with Crippen molar-refractivity contribution >= 4 is 22.6 Å². The lowest BCUT2D eigenvalue weighted by Crippen LogP contribution is -2.26. The van der Waals surface area contributed by atoms with Crippen LogP contribution in [0.25, 0.3) is 0 Å². The Hall–Kier alpha value is -0.470. The number of nitrogens with zero attached hydrogens (tertiary/aromatic N) is 2. The molecule has 0 spiro atoms. The van der Waals surface area contributed by atoms with Crippen molar-refractivity contribution in [2.75, 3.05) is 26.9 Å². The zero-order chi connectivity index (χ0) is 12.7. The summed E-state index contributed by atoms with van der Waals surface area (Å²) in [5, 5.41) is 0. The Morgan fingerprint density at radius 2 is 2.18 bits per heavy atom. The van der Waals surface area contributed by atoms with E-state index in [4.69, 9.17) is 9.47 Å². The molecule has 0 aromatic carbocycles. The first kappa shape index (κ1) is 14.6. The number of rotatable bonds is 7. The molecule has 1 heterocycles. The molecule has 1 rings (SSSR count). The average molecular weight is 352 g/mol. The van der Waals surface area contributed by atoms with Gasteiger partial charge in [0.1, 0.15) is 5.82 Å². The molecule has 5 nitrogen and oxygen atoms in total. The van der Waals surface area contributed by atoms with E-state index < -0.39 is 0 Å². The van der Waals surface area contributed by atoms with Crippen LogP contribution < -0.4 is 5.56 Å². The lowest BCUT2D eigenvalue weighted by atomic mass is 10.4. The van der Waals surface area contributed by atoms with Crippen LogP contribution in [0.4, 0.5) is 0 Å². The van der Waals surface area contributed by atoms with Gasteiger partial charge in [0.2, 0.25) is 0 Å². The van der Waals surface area contributed by atoms with Crippen molar-refractivity contribution in [3.8, 4) is 0 Å². The highest BCUT2D eigenvalue weighted by Crippen LogP contribution is 1.98. The second kappa shape index (κ2) is 7.78. The van der Waals surface area contributed by atoms with E-state index in [1.165, 1.54) is 0 Å². The second-order valence-corrected chi connectivity index (χ2v) is 4.73. The van der Waals surface area contributed by atoms with Crippen LogP contribution in [0.3, 0.4) is 0 Å². The van der Waals surface area contributed by atoms with Crippen molar-refractivity contribution in [3.05, 3.63) is 25.9 Å². The first-order valence-corrected chi connectivity index (χ1v) is 6.53. The summed E-state index contributed by atoms with van der Waals surface area (Å²) in [7, 11) is 1.64. The minimum absolute atomic E-state index is 0.0231. The smallest absolute Gasteiger partial charge is 0.266 e. The number of ether oxygens (including phenoxy) is 2. The van der Waals surface area contributed by atoms with Crippen LogP contribution in [0.2, 0.25) is 0 Å². The minimum atomic E-state index is 0.0231. The lowest BCUT2D eigenvalue weighted by Gasteiger charge is -2.09. The van der Waals surface area contributed by atoms with Gasteiger partial charge in [-0.2, -0.15) is 0 Å². The van der Waals surface area contributed by atoms with Gasteiger partial charge in [-0.1, -0.05) is 0 Å². The SMILES string of the molecule is COCCOCCCn1c(C)ncc(I)c1=O. The highest BCUT2D eigenvalue weighted by molar-refractivity contribution is 14.1. The molecule has 0 aliphatic rings. The Kier molecular flexibility index (Phi) is 6.68. The zero-order valence-corrected chi connectivity index (χ0v) is 12.3. The molecule has 0 saturated carbocycles. The third-order valence-electron chi connectivity index (χ3n) is 2.31. The molecule has 0 aliphatic carbocycles. The molecule has 1 aromatic rings. The van der Waals surface area contributed by atoms with E-state index in [-0.39, 0.29) is 5.56 Å². The van der Waals surface area contributed by atoms with Gasteiger partial charge >= 0.3 is 0 Å². The first-order chi connectivity index (χ1) is 8.16. The average Bonchev–Trinajstić information content (AvgIpc) is 2.32. The van der Waals surface area contributed by atoms with E-state index in [1.807, 2.05) is 29.5 Å². The Balaban J connectivity index is 2.42. The summed E-state index contributed by atoms with van der Waals surface area (Å²) in [6.07, 6.45) is 2.40. The van der Waals surface area contributed by atoms with E-state index in [1.54, 1.807) is 17.9 Å². The highest BCUT2D eigenvalue weighted by Gasteiger charge is 2.04. The van der Waals surface area contributed by atoms with E-state index in [2.05, 4.69) is 4.98 Å². The molecule has 0 radical (unpaired) electrons. The largest absolute Gasteiger partial charge is 0.382 e. The van der Waals surface area contributed by atoms with Crippen LogP contribution in [0.15, 0.2) is 11.0 Å². The summed E-state index contributed by atoms with van der Waals surface area (Å²) in [6.45, 7) is 4.30. The number of halogens is 1. The van der Waals surface area contributed by atoms with Gasteiger partial charge < -0.3 is 9.47 Å². The molecule has 0 saturated heterocycles. The molecule has 96 valence electrons. The van der Waals surface area contributed by atoms with Crippen LogP contribution in [0, 0.1) is 10.5 Å². The fourth-order valence-electron chi connectivity index (χ4n) is 1.38. The van der Waals surface area contributed by atoms with Crippen molar-refractivity contribution in [3.63, 3.8) is 0 Å². The summed E-state index contributed by atoms with van der Waals surface area (Å²) in [6, 6.07) is 0. The number of hydrogen-bond acceptors (Lipinski definition) is 4. The van der Waals surface area contributed by atoms with Crippen molar-refractivity contribution in [1.82, 2.24) is 9.55 Å². The Morgan fingerprint density at radius 1 is 1.41 bits per heavy atom. The van der Waals surface area contributed by atoms with E-state index in [9.17, 15) is 4.79 Å². The van der Waals surface area contributed by atoms with Crippen LogP contribution in [0.1, 0.15) is 12.2 Å². The third kappa shape index (κ3) is 4.72. The van der Waals surface area contributed by atoms with Gasteiger partial charge in [-0.15, -0.1) is 0 Å². The van der Waals surface area contributed by atoms with Crippen molar-refractivity contribution < 1.29 is 9.47 Å². The number of aryl methyl sites for hydroxylation is 1. The fraction of sp³-hybridized carbons (Fsp3) is 0.636. The quantitative estimate of drug-likeness (QED) is 0.547. The predicted molar refractivity (Wildman–Crippen MR) is 73.3 cm³/mol. The molecule has 0 aliphatic heterocycles. The fourth-order valence-corrected chi connectivity index (χ4v) is 1.81. The van der Waals surface area contributed by atoms with Gasteiger partial charge in [0.05, 0.1) is 16.8 Å². The molecule has 6 heteroatoms. The maximum atomic E-state index is 11.8. The summed E-state index contributed by atoms with van der Waals surface area (Å²) in [5.41, 5.74) is 0.0231. The van der Waals surface area contributed by atoms with E-state index >= 15 is 0 Å². The molecule has 1 aromatic heterocycles. The third-order valence-corrected chi connectivity index (χ3v) is 3.05. The number of aromatic nitrogens is 2. The molecule has 0 bridgehead atoms. The van der Waals surface area contributed by atoms with Crippen molar-refractivity contribution in [2.45, 2.75) is 19.9 Å². The maximum absolute atomic E-state index is 11.8. The standard InChI is InChI=1S/C11H17IN2O3/c1-9-13-8-10(12)11(15)14(9)4-3-5-17-7-6-16-2/h8H,3-7H2,1-2H3. The van der Waals surface area contributed by atoms with E-state index in [0.29, 0.717) is 29.9 Å². The zero-order valence-electron chi connectivity index (χ0n) is 10.1. The molecule has 0 N–H and O–H groups in total. The van der Waals surface area contributed by atoms with Gasteiger partial charge in [-0.05, 0) is 35.9 Å². The molecule has 0 fully saturated rings. The molecule has 0 amide bonds. The van der Waals surface area contributed by atoms with Gasteiger partial charge in [0.15, 0.2) is 0 Å². The summed E-state index contributed by atoms with van der Waals surface area (Å²) >= 11 is 2.00. The maximum Gasteiger partial charge on any atom is 0.266 e. The lowest BCUT2D eigenvalue weighted by molar-refractivity contribution is 0.0678. The van der Waals surface area contributed by atoms with Crippen LogP contribution in [-0.4, -0.2) is 36.5 Å². The van der Waals surface area contributed by atoms with E-state index in [0.717, 1.165) is 12.2 Å². The van der Waals surface area contributed by atoms with Crippen molar-refractivity contribution in [2.24, 2.45) is 0 Å². The van der Waals surface area contributed by atoms with Crippen LogP contribution in [0.5, 0.6) is 0 Å². The Labute approximate surface area is 114 Å². The van der Waals surface area contributed by atoms with Crippen LogP contribution in [-0.2, 0) is 16.0 Å². The molecular formula is C11H17IN2O3. The monoisotopic (exact) mass is 352 g/mol. The minimum Gasteiger partial charge on any atom is -0.382 e. The van der Waals surface area contributed by atoms with Gasteiger partial charge in [0.25, 0.3) is 5.56 Å². The first-order valence-electron chi connectivity index (χ1n) is 5.45. The summed E-state index contributed by atoms with van der Waals surface area (Å²) < 4.78 is 12.5. The van der Waals surface area contributed by atoms with Gasteiger partial charge in [-0.3, -0.25) is 9.36 Å². The van der Waals surface area contributed by atoms with Crippen LogP contribution >= 0.6 is 22.6 Å². The Morgan fingerprint density at radius 3 is 2.88 bits per heavy atom. The highest BCUT2D eigenvalue weighted by atomic mass is 127. The molecular weight excluding hydrogens is 335 g/mol. The summed E-state index contributed by atoms with van der Waals surface area (Å²) in [4.78, 5) is 16.0. The summed E-state index contributed by atoms with van der Waals surface area (Å²) in [5.74, 6) is 0.743. The topological polar surface area (TPSA) is 53.4 Å². The predicted octanol–water partition coefficient (Wildman–Crippen LogP) is 1.21. The van der Waals surface area contributed by atoms with Gasteiger partial charge in [0, 0.05) is 26.5 Å². The molecule has 0 atom stereocenters. The Bertz CT molecular complexity index is 406. The normalized spacial score (nSPS) is 10.8. The number of hydrogen-bond donors (Lipinski definition) is 0. The van der Waals surface area contributed by atoms with Crippen molar-refractivity contribution in [1.29, 1.82) is 0 Å².